The third kappa shape index (κ3) is 2.56. The number of aromatic nitrogens is 1. The summed E-state index contributed by atoms with van der Waals surface area (Å²) in [5.74, 6) is 0.642. The smallest absolute Gasteiger partial charge is 0.107 e. The number of thiazole rings is 1. The average molecular weight is 226 g/mol. The van der Waals surface area contributed by atoms with Gasteiger partial charge in [0.1, 0.15) is 5.01 Å². The third-order valence-corrected chi connectivity index (χ3v) is 4.08. The summed E-state index contributed by atoms with van der Waals surface area (Å²) in [5.41, 5.74) is 0.966. The van der Waals surface area contributed by atoms with E-state index in [2.05, 4.69) is 22.6 Å². The van der Waals surface area contributed by atoms with Gasteiger partial charge in [-0.1, -0.05) is 0 Å². The van der Waals surface area contributed by atoms with Gasteiger partial charge in [0.15, 0.2) is 0 Å². The van der Waals surface area contributed by atoms with E-state index in [1.54, 1.807) is 11.3 Å². The van der Waals surface area contributed by atoms with Crippen molar-refractivity contribution in [2.24, 2.45) is 5.92 Å². The first-order valence-electron chi connectivity index (χ1n) is 5.41. The van der Waals surface area contributed by atoms with Crippen molar-refractivity contribution in [2.45, 2.75) is 38.8 Å². The second kappa shape index (κ2) is 4.20. The molecule has 2 N–H and O–H groups in total. The fraction of sp³-hybridized carbons (Fsp3) is 0.727. The van der Waals surface area contributed by atoms with Gasteiger partial charge in [-0.2, -0.15) is 0 Å². The molecule has 1 atom stereocenters. The van der Waals surface area contributed by atoms with Gasteiger partial charge in [-0.25, -0.2) is 4.98 Å². The Balaban J connectivity index is 1.91. The number of hydrogen-bond acceptors (Lipinski definition) is 4. The lowest BCUT2D eigenvalue weighted by atomic mass is 9.97. The van der Waals surface area contributed by atoms with Gasteiger partial charge in [0.05, 0.1) is 6.61 Å². The fourth-order valence-electron chi connectivity index (χ4n) is 1.81. The maximum Gasteiger partial charge on any atom is 0.107 e. The van der Waals surface area contributed by atoms with E-state index in [4.69, 9.17) is 0 Å². The summed E-state index contributed by atoms with van der Waals surface area (Å²) in [6.07, 6.45) is 2.47. The average Bonchev–Trinajstić information content (AvgIpc) is 3.00. The van der Waals surface area contributed by atoms with Crippen LogP contribution < -0.4 is 5.32 Å². The molecule has 1 aliphatic carbocycles. The first kappa shape index (κ1) is 11.0. The Hall–Kier alpha value is -0.450. The summed E-state index contributed by atoms with van der Waals surface area (Å²) in [5, 5.41) is 16.0. The molecule has 1 unspecified atom stereocenters. The van der Waals surface area contributed by atoms with Gasteiger partial charge in [0, 0.05) is 23.2 Å². The Labute approximate surface area is 94.5 Å². The predicted octanol–water partition coefficient (Wildman–Crippen LogP) is 1.70. The molecule has 0 spiro atoms. The van der Waals surface area contributed by atoms with Crippen LogP contribution in [0, 0.1) is 12.8 Å². The van der Waals surface area contributed by atoms with Gasteiger partial charge >= 0.3 is 0 Å². The van der Waals surface area contributed by atoms with E-state index in [1.165, 1.54) is 12.8 Å². The Morgan fingerprint density at radius 2 is 2.40 bits per heavy atom. The first-order valence-corrected chi connectivity index (χ1v) is 6.29. The van der Waals surface area contributed by atoms with Crippen molar-refractivity contribution in [3.05, 3.63) is 16.1 Å². The van der Waals surface area contributed by atoms with Crippen molar-refractivity contribution in [1.29, 1.82) is 0 Å². The van der Waals surface area contributed by atoms with Crippen LogP contribution >= 0.6 is 11.3 Å². The molecule has 1 aromatic rings. The molecule has 1 fully saturated rings. The van der Waals surface area contributed by atoms with E-state index in [9.17, 15) is 5.11 Å². The van der Waals surface area contributed by atoms with Gasteiger partial charge < -0.3 is 10.4 Å². The lowest BCUT2D eigenvalue weighted by Gasteiger charge is -2.28. The summed E-state index contributed by atoms with van der Waals surface area (Å²) < 4.78 is 0. The monoisotopic (exact) mass is 226 g/mol. The van der Waals surface area contributed by atoms with Crippen LogP contribution in [0.2, 0.25) is 0 Å². The Morgan fingerprint density at radius 1 is 1.67 bits per heavy atom. The zero-order valence-electron chi connectivity index (χ0n) is 9.29. The zero-order chi connectivity index (χ0) is 10.9. The Bertz CT molecular complexity index is 335. The molecule has 0 aromatic carbocycles. The van der Waals surface area contributed by atoms with E-state index in [0.29, 0.717) is 5.92 Å². The van der Waals surface area contributed by atoms with Crippen molar-refractivity contribution >= 4 is 11.3 Å². The van der Waals surface area contributed by atoms with Crippen molar-refractivity contribution in [1.82, 2.24) is 10.3 Å². The normalized spacial score (nSPS) is 20.2. The number of nitrogens with zero attached hydrogens (tertiary/aromatic N) is 1. The van der Waals surface area contributed by atoms with Gasteiger partial charge in [0.2, 0.25) is 0 Å². The van der Waals surface area contributed by atoms with Crippen molar-refractivity contribution in [2.75, 3.05) is 6.61 Å². The largest absolute Gasteiger partial charge is 0.394 e. The van der Waals surface area contributed by atoms with E-state index >= 15 is 0 Å². The molecule has 0 bridgehead atoms. The lowest BCUT2D eigenvalue weighted by molar-refractivity contribution is 0.153. The molecule has 0 radical (unpaired) electrons. The maximum atomic E-state index is 9.40. The summed E-state index contributed by atoms with van der Waals surface area (Å²) in [6, 6.07) is 0. The van der Waals surface area contributed by atoms with Crippen molar-refractivity contribution < 1.29 is 5.11 Å². The SMILES string of the molecule is Cc1csc(CNC(C)(CO)C2CC2)n1. The number of aliphatic hydroxyl groups is 1. The molecule has 2 rings (SSSR count). The van der Waals surface area contributed by atoms with Gasteiger partial charge in [0.25, 0.3) is 0 Å². The standard InChI is InChI=1S/C11H18N2OS/c1-8-6-15-10(13-8)5-12-11(2,7-14)9-3-4-9/h6,9,12,14H,3-5,7H2,1-2H3. The van der Waals surface area contributed by atoms with Crippen LogP contribution in [0.1, 0.15) is 30.5 Å². The molecule has 0 saturated heterocycles. The molecule has 1 heterocycles. The topological polar surface area (TPSA) is 45.1 Å². The highest BCUT2D eigenvalue weighted by Gasteiger charge is 2.40. The van der Waals surface area contributed by atoms with Crippen LogP contribution in [0.25, 0.3) is 0 Å². The minimum atomic E-state index is -0.112. The number of rotatable bonds is 5. The molecular formula is C11H18N2OS. The Kier molecular flexibility index (Phi) is 3.09. The molecule has 0 amide bonds. The molecule has 1 aliphatic rings. The molecular weight excluding hydrogens is 208 g/mol. The number of hydrogen-bond donors (Lipinski definition) is 2. The second-order valence-corrected chi connectivity index (χ2v) is 5.53. The highest BCUT2D eigenvalue weighted by Crippen LogP contribution is 2.39. The predicted molar refractivity (Wildman–Crippen MR) is 61.9 cm³/mol. The maximum absolute atomic E-state index is 9.40. The molecule has 0 aliphatic heterocycles. The quantitative estimate of drug-likeness (QED) is 0.803. The van der Waals surface area contributed by atoms with Crippen LogP contribution in [0.4, 0.5) is 0 Å². The fourth-order valence-corrected chi connectivity index (χ4v) is 2.52. The number of aliphatic hydroxyl groups excluding tert-OH is 1. The van der Waals surface area contributed by atoms with E-state index in [0.717, 1.165) is 17.2 Å². The van der Waals surface area contributed by atoms with Gasteiger partial charge in [-0.3, -0.25) is 0 Å². The van der Waals surface area contributed by atoms with Crippen LogP contribution in [0.3, 0.4) is 0 Å². The zero-order valence-corrected chi connectivity index (χ0v) is 10.1. The van der Waals surface area contributed by atoms with Crippen LogP contribution in [-0.2, 0) is 6.54 Å². The summed E-state index contributed by atoms with van der Waals surface area (Å²) in [4.78, 5) is 4.40. The molecule has 3 nitrogen and oxygen atoms in total. The number of nitrogens with one attached hydrogen (secondary N) is 1. The summed E-state index contributed by atoms with van der Waals surface area (Å²) in [6.45, 7) is 5.09. The van der Waals surface area contributed by atoms with Crippen molar-refractivity contribution in [3.8, 4) is 0 Å². The minimum Gasteiger partial charge on any atom is -0.394 e. The molecule has 1 aromatic heterocycles. The Morgan fingerprint density at radius 3 is 2.87 bits per heavy atom. The molecule has 84 valence electrons. The summed E-state index contributed by atoms with van der Waals surface area (Å²) in [7, 11) is 0. The number of aryl methyl sites for hydroxylation is 1. The first-order chi connectivity index (χ1) is 7.14. The summed E-state index contributed by atoms with van der Waals surface area (Å²) >= 11 is 1.68. The highest BCUT2D eigenvalue weighted by molar-refractivity contribution is 7.09. The molecule has 1 saturated carbocycles. The van der Waals surface area contributed by atoms with Crippen LogP contribution in [-0.4, -0.2) is 22.2 Å². The van der Waals surface area contributed by atoms with E-state index < -0.39 is 0 Å². The third-order valence-electron chi connectivity index (χ3n) is 3.12. The van der Waals surface area contributed by atoms with Crippen LogP contribution in [0.5, 0.6) is 0 Å². The lowest BCUT2D eigenvalue weighted by Crippen LogP contribution is -2.47. The van der Waals surface area contributed by atoms with Crippen molar-refractivity contribution in [3.63, 3.8) is 0 Å². The van der Waals surface area contributed by atoms with Gasteiger partial charge in [-0.05, 0) is 32.6 Å². The molecule has 15 heavy (non-hydrogen) atoms. The second-order valence-electron chi connectivity index (χ2n) is 4.59. The van der Waals surface area contributed by atoms with Gasteiger partial charge in [-0.15, -0.1) is 11.3 Å². The minimum absolute atomic E-state index is 0.112. The van der Waals surface area contributed by atoms with E-state index in [1.807, 2.05) is 6.92 Å². The van der Waals surface area contributed by atoms with E-state index in [-0.39, 0.29) is 12.1 Å². The van der Waals surface area contributed by atoms with Crippen LogP contribution in [0.15, 0.2) is 5.38 Å². The highest BCUT2D eigenvalue weighted by atomic mass is 32.1. The molecule has 4 heteroatoms.